The monoisotopic (exact) mass is 366 g/mol. The molecule has 0 spiro atoms. The van der Waals surface area contributed by atoms with Crippen molar-refractivity contribution < 1.29 is 0 Å². The van der Waals surface area contributed by atoms with E-state index in [0.717, 1.165) is 22.6 Å². The van der Waals surface area contributed by atoms with Crippen LogP contribution < -0.4 is 0 Å². The Bertz CT molecular complexity index is 1130. The fourth-order valence-corrected chi connectivity index (χ4v) is 3.93. The van der Waals surface area contributed by atoms with E-state index < -0.39 is 0 Å². The lowest BCUT2D eigenvalue weighted by molar-refractivity contribution is 1.03. The molecule has 0 aliphatic rings. The van der Waals surface area contributed by atoms with Gasteiger partial charge in [0.1, 0.15) is 5.82 Å². The maximum Gasteiger partial charge on any atom is 0.145 e. The molecular weight excluding hydrogens is 340 g/mol. The average molecular weight is 367 g/mol. The summed E-state index contributed by atoms with van der Waals surface area (Å²) in [4.78, 5) is 5.07. The number of benzene rings is 3. The van der Waals surface area contributed by atoms with E-state index in [1.54, 1.807) is 0 Å². The molecule has 4 rings (SSSR count). The second kappa shape index (κ2) is 7.12. The summed E-state index contributed by atoms with van der Waals surface area (Å²) in [6.07, 6.45) is 2.18. The summed E-state index contributed by atoms with van der Waals surface area (Å²) in [6, 6.07) is 21.5. The van der Waals surface area contributed by atoms with Crippen LogP contribution in [-0.4, -0.2) is 9.55 Å². The lowest BCUT2D eigenvalue weighted by Gasteiger charge is -2.15. The first kappa shape index (κ1) is 18.2. The van der Waals surface area contributed by atoms with Gasteiger partial charge >= 0.3 is 0 Å². The number of aromatic nitrogens is 2. The van der Waals surface area contributed by atoms with Crippen LogP contribution in [0.25, 0.3) is 28.3 Å². The summed E-state index contributed by atoms with van der Waals surface area (Å²) in [6.45, 7) is 10.8. The highest BCUT2D eigenvalue weighted by atomic mass is 15.1. The minimum atomic E-state index is 0.976. The molecule has 3 aromatic carbocycles. The fraction of sp³-hybridized carbons (Fsp3) is 0.192. The van der Waals surface area contributed by atoms with E-state index in [1.807, 2.05) is 6.07 Å². The van der Waals surface area contributed by atoms with Crippen molar-refractivity contribution in [3.05, 3.63) is 94.7 Å². The third-order valence-electron chi connectivity index (χ3n) is 5.42. The Morgan fingerprint density at radius 3 is 1.96 bits per heavy atom. The summed E-state index contributed by atoms with van der Waals surface area (Å²) in [5.41, 5.74) is 10.9. The molecule has 1 heterocycles. The summed E-state index contributed by atoms with van der Waals surface area (Å²) >= 11 is 0. The first-order valence-electron chi connectivity index (χ1n) is 9.74. The number of aryl methyl sites for hydroxylation is 5. The molecule has 0 unspecified atom stereocenters. The maximum absolute atomic E-state index is 5.07. The molecule has 0 atom stereocenters. The topological polar surface area (TPSA) is 17.8 Å². The zero-order valence-corrected chi connectivity index (χ0v) is 17.2. The molecule has 140 valence electrons. The Morgan fingerprint density at radius 2 is 1.32 bits per heavy atom. The van der Waals surface area contributed by atoms with Crippen molar-refractivity contribution in [2.45, 2.75) is 34.6 Å². The third kappa shape index (κ3) is 3.27. The predicted molar refractivity (Wildman–Crippen MR) is 118 cm³/mol. The van der Waals surface area contributed by atoms with Crippen molar-refractivity contribution >= 4 is 0 Å². The number of nitrogens with zero attached hydrogens (tertiary/aromatic N) is 2. The quantitative estimate of drug-likeness (QED) is 0.392. The Labute approximate surface area is 167 Å². The fourth-order valence-electron chi connectivity index (χ4n) is 3.93. The summed E-state index contributed by atoms with van der Waals surface area (Å²) < 4.78 is 2.25. The second-order valence-electron chi connectivity index (χ2n) is 7.73. The molecule has 0 radical (unpaired) electrons. The van der Waals surface area contributed by atoms with Crippen LogP contribution >= 0.6 is 0 Å². The van der Waals surface area contributed by atoms with E-state index in [0.29, 0.717) is 0 Å². The SMILES string of the molecule is Cc1cc(C)c(-n2cc(-c3ccc(C)c(C)c3)nc2-c2ccccc2)c(C)c1. The molecule has 2 heteroatoms. The van der Waals surface area contributed by atoms with Gasteiger partial charge in [-0.05, 0) is 62.9 Å². The van der Waals surface area contributed by atoms with Crippen LogP contribution in [0.5, 0.6) is 0 Å². The zero-order valence-electron chi connectivity index (χ0n) is 17.2. The van der Waals surface area contributed by atoms with Crippen LogP contribution in [0, 0.1) is 34.6 Å². The largest absolute Gasteiger partial charge is 0.299 e. The molecule has 0 saturated heterocycles. The van der Waals surface area contributed by atoms with Gasteiger partial charge in [-0.1, -0.05) is 60.2 Å². The van der Waals surface area contributed by atoms with Crippen LogP contribution in [0.1, 0.15) is 27.8 Å². The van der Waals surface area contributed by atoms with Crippen LogP contribution in [0.15, 0.2) is 66.9 Å². The number of hydrogen-bond donors (Lipinski definition) is 0. The van der Waals surface area contributed by atoms with Crippen molar-refractivity contribution in [1.29, 1.82) is 0 Å². The molecule has 0 saturated carbocycles. The van der Waals surface area contributed by atoms with E-state index in [-0.39, 0.29) is 0 Å². The zero-order chi connectivity index (χ0) is 19.8. The van der Waals surface area contributed by atoms with Gasteiger partial charge in [0.2, 0.25) is 0 Å². The molecule has 0 fully saturated rings. The molecule has 1 aromatic heterocycles. The molecule has 0 amide bonds. The van der Waals surface area contributed by atoms with Crippen LogP contribution in [0.4, 0.5) is 0 Å². The average Bonchev–Trinajstić information content (AvgIpc) is 3.09. The molecule has 0 aliphatic heterocycles. The number of imidazole rings is 1. The summed E-state index contributed by atoms with van der Waals surface area (Å²) in [7, 11) is 0. The third-order valence-corrected chi connectivity index (χ3v) is 5.42. The molecule has 4 aromatic rings. The Morgan fingerprint density at radius 1 is 0.643 bits per heavy atom. The summed E-state index contributed by atoms with van der Waals surface area (Å²) in [5, 5.41) is 0. The Hall–Kier alpha value is -3.13. The van der Waals surface area contributed by atoms with Crippen molar-refractivity contribution in [3.63, 3.8) is 0 Å². The van der Waals surface area contributed by atoms with Crippen molar-refractivity contribution in [3.8, 4) is 28.3 Å². The van der Waals surface area contributed by atoms with Gasteiger partial charge in [0.25, 0.3) is 0 Å². The van der Waals surface area contributed by atoms with Gasteiger partial charge in [-0.25, -0.2) is 4.98 Å². The summed E-state index contributed by atoms with van der Waals surface area (Å²) in [5.74, 6) is 0.976. The van der Waals surface area contributed by atoms with Crippen molar-refractivity contribution in [1.82, 2.24) is 9.55 Å². The number of rotatable bonds is 3. The van der Waals surface area contributed by atoms with Crippen LogP contribution in [-0.2, 0) is 0 Å². The van der Waals surface area contributed by atoms with Gasteiger partial charge in [0.05, 0.1) is 11.4 Å². The molecule has 0 aliphatic carbocycles. The van der Waals surface area contributed by atoms with E-state index in [9.17, 15) is 0 Å². The number of hydrogen-bond acceptors (Lipinski definition) is 1. The Kier molecular flexibility index (Phi) is 4.64. The van der Waals surface area contributed by atoms with E-state index in [4.69, 9.17) is 4.98 Å². The highest BCUT2D eigenvalue weighted by Crippen LogP contribution is 2.31. The molecule has 2 nitrogen and oxygen atoms in total. The van der Waals surface area contributed by atoms with E-state index >= 15 is 0 Å². The first-order chi connectivity index (χ1) is 13.4. The van der Waals surface area contributed by atoms with Gasteiger partial charge in [-0.3, -0.25) is 4.57 Å². The smallest absolute Gasteiger partial charge is 0.145 e. The minimum Gasteiger partial charge on any atom is -0.299 e. The maximum atomic E-state index is 5.07. The molecule has 0 N–H and O–H groups in total. The first-order valence-corrected chi connectivity index (χ1v) is 9.74. The minimum absolute atomic E-state index is 0.976. The van der Waals surface area contributed by atoms with E-state index in [2.05, 4.69) is 100.0 Å². The molecular formula is C26H26N2. The standard InChI is InChI=1S/C26H26N2/c1-17-13-20(4)25(21(5)14-17)28-16-24(23-12-11-18(2)19(3)15-23)27-26(28)22-9-7-6-8-10-22/h6-16H,1-5H3. The van der Waals surface area contributed by atoms with Gasteiger partial charge in [-0.15, -0.1) is 0 Å². The van der Waals surface area contributed by atoms with Gasteiger partial charge in [0, 0.05) is 17.3 Å². The van der Waals surface area contributed by atoms with Gasteiger partial charge in [-0.2, -0.15) is 0 Å². The lowest BCUT2D eigenvalue weighted by Crippen LogP contribution is -2.02. The second-order valence-corrected chi connectivity index (χ2v) is 7.73. The van der Waals surface area contributed by atoms with Gasteiger partial charge in [0.15, 0.2) is 0 Å². The molecule has 28 heavy (non-hydrogen) atoms. The highest BCUT2D eigenvalue weighted by Gasteiger charge is 2.16. The normalized spacial score (nSPS) is 11.0. The van der Waals surface area contributed by atoms with Crippen LogP contribution in [0.3, 0.4) is 0 Å². The van der Waals surface area contributed by atoms with E-state index in [1.165, 1.54) is 33.5 Å². The van der Waals surface area contributed by atoms with Gasteiger partial charge < -0.3 is 0 Å². The van der Waals surface area contributed by atoms with Crippen LogP contribution in [0.2, 0.25) is 0 Å². The predicted octanol–water partition coefficient (Wildman–Crippen LogP) is 6.75. The van der Waals surface area contributed by atoms with Crippen molar-refractivity contribution in [2.75, 3.05) is 0 Å². The Balaban J connectivity index is 1.97. The molecule has 0 bridgehead atoms. The highest BCUT2D eigenvalue weighted by molar-refractivity contribution is 5.69. The lowest BCUT2D eigenvalue weighted by atomic mass is 10.0. The van der Waals surface area contributed by atoms with Crippen molar-refractivity contribution in [2.24, 2.45) is 0 Å².